The number of benzene rings is 1. The van der Waals surface area contributed by atoms with Gasteiger partial charge in [0, 0.05) is 11.0 Å². The number of aliphatic carboxylic acids is 1. The Morgan fingerprint density at radius 2 is 2.29 bits per heavy atom. The maximum atomic E-state index is 12.2. The van der Waals surface area contributed by atoms with Crippen molar-refractivity contribution in [2.75, 3.05) is 25.1 Å². The molecule has 1 atom stereocenters. The summed E-state index contributed by atoms with van der Waals surface area (Å²) in [6, 6.07) is 5.18. The largest absolute Gasteiger partial charge is 0.480 e. The summed E-state index contributed by atoms with van der Waals surface area (Å²) < 4.78 is 5.63. The third-order valence-corrected chi connectivity index (χ3v) is 3.67. The topological polar surface area (TPSA) is 103 Å². The van der Waals surface area contributed by atoms with Crippen molar-refractivity contribution in [3.8, 4) is 6.07 Å². The van der Waals surface area contributed by atoms with Crippen LogP contribution in [-0.4, -0.2) is 47.8 Å². The summed E-state index contributed by atoms with van der Waals surface area (Å²) >= 11 is 3.26. The zero-order chi connectivity index (χ0) is 15.4. The van der Waals surface area contributed by atoms with Crippen LogP contribution in [0, 0.1) is 11.3 Å². The van der Waals surface area contributed by atoms with E-state index in [9.17, 15) is 9.59 Å². The van der Waals surface area contributed by atoms with E-state index in [0.717, 1.165) is 0 Å². The highest BCUT2D eigenvalue weighted by Crippen LogP contribution is 2.24. The van der Waals surface area contributed by atoms with Crippen molar-refractivity contribution in [1.29, 1.82) is 5.26 Å². The molecule has 0 radical (unpaired) electrons. The van der Waals surface area contributed by atoms with Gasteiger partial charge >= 0.3 is 12.0 Å². The number of hydrogen-bond acceptors (Lipinski definition) is 4. The van der Waals surface area contributed by atoms with Crippen molar-refractivity contribution in [3.05, 3.63) is 28.2 Å². The minimum Gasteiger partial charge on any atom is -0.480 e. The van der Waals surface area contributed by atoms with Gasteiger partial charge in [0.2, 0.25) is 0 Å². The number of urea groups is 1. The lowest BCUT2D eigenvalue weighted by atomic mass is 10.2. The van der Waals surface area contributed by atoms with Gasteiger partial charge < -0.3 is 20.1 Å². The third-order valence-electron chi connectivity index (χ3n) is 3.01. The van der Waals surface area contributed by atoms with Crippen LogP contribution >= 0.6 is 15.9 Å². The lowest BCUT2D eigenvalue weighted by molar-refractivity contribution is -0.147. The molecule has 0 saturated carbocycles. The number of rotatable bonds is 2. The second-order valence-corrected chi connectivity index (χ2v) is 5.21. The maximum absolute atomic E-state index is 12.2. The Morgan fingerprint density at radius 3 is 2.90 bits per heavy atom. The van der Waals surface area contributed by atoms with Crippen LogP contribution in [0.5, 0.6) is 0 Å². The summed E-state index contributed by atoms with van der Waals surface area (Å²) in [6.45, 7) is 0.472. The Morgan fingerprint density at radius 1 is 1.52 bits per heavy atom. The number of nitriles is 1. The van der Waals surface area contributed by atoms with Crippen LogP contribution in [0.15, 0.2) is 22.7 Å². The molecule has 110 valence electrons. The second-order valence-electron chi connectivity index (χ2n) is 4.36. The van der Waals surface area contributed by atoms with Gasteiger partial charge in [-0.2, -0.15) is 5.26 Å². The number of nitrogens with one attached hydrogen (secondary N) is 1. The average molecular weight is 354 g/mol. The van der Waals surface area contributed by atoms with Gasteiger partial charge in [-0.3, -0.25) is 0 Å². The molecule has 1 unspecified atom stereocenters. The first-order chi connectivity index (χ1) is 10.0. The molecule has 0 spiro atoms. The molecule has 1 aliphatic heterocycles. The first-order valence-corrected chi connectivity index (χ1v) is 6.90. The lowest BCUT2D eigenvalue weighted by Crippen LogP contribution is -2.53. The molecule has 2 rings (SSSR count). The summed E-state index contributed by atoms with van der Waals surface area (Å²) in [5, 5.41) is 20.5. The van der Waals surface area contributed by atoms with E-state index >= 15 is 0 Å². The molecule has 0 bridgehead atoms. The molecule has 0 aliphatic carbocycles. The van der Waals surface area contributed by atoms with Crippen molar-refractivity contribution >= 4 is 33.6 Å². The minimum absolute atomic E-state index is 0.0305. The molecule has 0 aromatic heterocycles. The fourth-order valence-electron chi connectivity index (χ4n) is 1.92. The Kier molecular flexibility index (Phi) is 4.77. The monoisotopic (exact) mass is 353 g/mol. The van der Waals surface area contributed by atoms with Crippen LogP contribution in [0.1, 0.15) is 5.56 Å². The number of hydrogen-bond donors (Lipinski definition) is 2. The Bertz CT molecular complexity index is 614. The van der Waals surface area contributed by atoms with Gasteiger partial charge in [0.05, 0.1) is 30.5 Å². The second kappa shape index (κ2) is 6.56. The summed E-state index contributed by atoms with van der Waals surface area (Å²) in [7, 11) is 0. The van der Waals surface area contributed by atoms with Crippen LogP contribution in [0.3, 0.4) is 0 Å². The maximum Gasteiger partial charge on any atom is 0.328 e. The lowest BCUT2D eigenvalue weighted by Gasteiger charge is -2.32. The predicted molar refractivity (Wildman–Crippen MR) is 76.8 cm³/mol. The molecule has 1 aromatic rings. The van der Waals surface area contributed by atoms with Crippen molar-refractivity contribution in [1.82, 2.24) is 4.90 Å². The minimum atomic E-state index is -1.11. The predicted octanol–water partition coefficient (Wildman–Crippen LogP) is 1.64. The zero-order valence-electron chi connectivity index (χ0n) is 10.9. The number of amides is 2. The summed E-state index contributed by atoms with van der Waals surface area (Å²) in [5.41, 5.74) is 0.921. The van der Waals surface area contributed by atoms with Gasteiger partial charge in [0.1, 0.15) is 0 Å². The van der Waals surface area contributed by atoms with Crippen LogP contribution in [0.25, 0.3) is 0 Å². The molecule has 21 heavy (non-hydrogen) atoms. The summed E-state index contributed by atoms with van der Waals surface area (Å²) in [5.74, 6) is -1.11. The Balaban J connectivity index is 2.13. The van der Waals surface area contributed by atoms with E-state index in [1.165, 1.54) is 4.90 Å². The molecule has 1 aromatic carbocycles. The fourth-order valence-corrected chi connectivity index (χ4v) is 2.40. The van der Waals surface area contributed by atoms with Crippen LogP contribution in [0.4, 0.5) is 10.5 Å². The van der Waals surface area contributed by atoms with Gasteiger partial charge in [-0.1, -0.05) is 0 Å². The SMILES string of the molecule is N#Cc1ccc(NC(=O)N2CCOCC2C(=O)O)c(Br)c1. The number of ether oxygens (including phenoxy) is 1. The normalized spacial score (nSPS) is 17.9. The number of carboxylic acid groups (broad SMARTS) is 1. The van der Waals surface area contributed by atoms with Crippen LogP contribution in [0.2, 0.25) is 0 Å². The molecule has 1 saturated heterocycles. The van der Waals surface area contributed by atoms with Crippen molar-refractivity contribution < 1.29 is 19.4 Å². The van der Waals surface area contributed by atoms with E-state index in [2.05, 4.69) is 21.2 Å². The molecule has 2 N–H and O–H groups in total. The molecule has 7 nitrogen and oxygen atoms in total. The van der Waals surface area contributed by atoms with E-state index < -0.39 is 18.0 Å². The van der Waals surface area contributed by atoms with Crippen molar-refractivity contribution in [3.63, 3.8) is 0 Å². The van der Waals surface area contributed by atoms with E-state index in [-0.39, 0.29) is 13.2 Å². The third kappa shape index (κ3) is 3.51. The Labute approximate surface area is 129 Å². The van der Waals surface area contributed by atoms with Crippen molar-refractivity contribution in [2.24, 2.45) is 0 Å². The van der Waals surface area contributed by atoms with E-state index in [0.29, 0.717) is 22.3 Å². The number of carbonyl (C=O) groups excluding carboxylic acids is 1. The van der Waals surface area contributed by atoms with E-state index in [1.54, 1.807) is 18.2 Å². The molecule has 1 aliphatic rings. The molecule has 8 heteroatoms. The first kappa shape index (κ1) is 15.3. The van der Waals surface area contributed by atoms with Crippen LogP contribution in [-0.2, 0) is 9.53 Å². The molecule has 1 fully saturated rings. The number of morpholine rings is 1. The summed E-state index contributed by atoms with van der Waals surface area (Å²) in [4.78, 5) is 24.5. The van der Waals surface area contributed by atoms with Gasteiger partial charge in [0.25, 0.3) is 0 Å². The standard InChI is InChI=1S/C13H12BrN3O4/c14-9-5-8(6-15)1-2-10(9)16-13(20)17-3-4-21-7-11(17)12(18)19/h1-2,5,11H,3-4,7H2,(H,16,20)(H,18,19). The van der Waals surface area contributed by atoms with Gasteiger partial charge in [-0.25, -0.2) is 9.59 Å². The highest BCUT2D eigenvalue weighted by Gasteiger charge is 2.32. The smallest absolute Gasteiger partial charge is 0.328 e. The number of carbonyl (C=O) groups is 2. The average Bonchev–Trinajstić information content (AvgIpc) is 2.49. The number of halogens is 1. The number of nitrogens with zero attached hydrogens (tertiary/aromatic N) is 2. The molecule has 1 heterocycles. The molecular weight excluding hydrogens is 342 g/mol. The molecule has 2 amide bonds. The molecular formula is C13H12BrN3O4. The van der Waals surface area contributed by atoms with Gasteiger partial charge in [-0.15, -0.1) is 0 Å². The van der Waals surface area contributed by atoms with Crippen LogP contribution < -0.4 is 5.32 Å². The van der Waals surface area contributed by atoms with E-state index in [4.69, 9.17) is 15.1 Å². The quantitative estimate of drug-likeness (QED) is 0.841. The zero-order valence-corrected chi connectivity index (χ0v) is 12.5. The highest BCUT2D eigenvalue weighted by atomic mass is 79.9. The highest BCUT2D eigenvalue weighted by molar-refractivity contribution is 9.10. The number of carboxylic acids is 1. The summed E-state index contributed by atoms with van der Waals surface area (Å²) in [6.07, 6.45) is 0. The van der Waals surface area contributed by atoms with Gasteiger partial charge in [-0.05, 0) is 34.1 Å². The first-order valence-electron chi connectivity index (χ1n) is 6.10. The fraction of sp³-hybridized carbons (Fsp3) is 0.308. The number of anilines is 1. The van der Waals surface area contributed by atoms with E-state index in [1.807, 2.05) is 6.07 Å². The van der Waals surface area contributed by atoms with Crippen molar-refractivity contribution in [2.45, 2.75) is 6.04 Å². The van der Waals surface area contributed by atoms with Gasteiger partial charge in [0.15, 0.2) is 6.04 Å². The Hall–Kier alpha value is -2.11.